The molecule has 0 aliphatic heterocycles. The minimum absolute atomic E-state index is 0. The number of benzene rings is 1. The van der Waals surface area contributed by atoms with Gasteiger partial charge in [-0.2, -0.15) is 0 Å². The highest BCUT2D eigenvalue weighted by molar-refractivity contribution is 14.0. The average Bonchev–Trinajstić information content (AvgIpc) is 2.55. The minimum atomic E-state index is -0.0633. The number of carbonyl (C=O) groups excluding carboxylic acids is 1. The van der Waals surface area contributed by atoms with Gasteiger partial charge in [0.2, 0.25) is 0 Å². The molecule has 0 atom stereocenters. The van der Waals surface area contributed by atoms with Crippen molar-refractivity contribution in [2.24, 2.45) is 10.7 Å². The van der Waals surface area contributed by atoms with Crippen LogP contribution in [-0.2, 0) is 4.74 Å². The van der Waals surface area contributed by atoms with E-state index in [9.17, 15) is 4.79 Å². The lowest BCUT2D eigenvalue weighted by molar-refractivity contribution is 0.0953. The Balaban J connectivity index is 0.00000484. The van der Waals surface area contributed by atoms with Crippen LogP contribution in [0.5, 0.6) is 0 Å². The van der Waals surface area contributed by atoms with E-state index in [2.05, 4.69) is 15.6 Å². The Bertz CT molecular complexity index is 455. The number of carbonyl (C=O) groups is 1. The topological polar surface area (TPSA) is 88.7 Å². The van der Waals surface area contributed by atoms with Crippen LogP contribution in [0.3, 0.4) is 0 Å². The zero-order chi connectivity index (χ0) is 16.0. The van der Waals surface area contributed by atoms with Crippen molar-refractivity contribution in [2.45, 2.75) is 19.8 Å². The number of rotatable bonds is 10. The van der Waals surface area contributed by atoms with Gasteiger partial charge in [-0.15, -0.1) is 24.0 Å². The Labute approximate surface area is 155 Å². The van der Waals surface area contributed by atoms with Gasteiger partial charge in [-0.3, -0.25) is 9.79 Å². The number of nitrogens with two attached hydrogens (primary N) is 1. The first-order valence-corrected chi connectivity index (χ1v) is 7.68. The van der Waals surface area contributed by atoms with E-state index in [-0.39, 0.29) is 29.9 Å². The smallest absolute Gasteiger partial charge is 0.251 e. The van der Waals surface area contributed by atoms with Gasteiger partial charge in [-0.1, -0.05) is 18.2 Å². The van der Waals surface area contributed by atoms with Gasteiger partial charge in [-0.25, -0.2) is 0 Å². The lowest BCUT2D eigenvalue weighted by Crippen LogP contribution is -2.33. The Morgan fingerprint density at radius 1 is 1.17 bits per heavy atom. The Kier molecular flexibility index (Phi) is 13.4. The van der Waals surface area contributed by atoms with Gasteiger partial charge in [0.15, 0.2) is 5.96 Å². The maximum Gasteiger partial charge on any atom is 0.251 e. The van der Waals surface area contributed by atoms with E-state index in [1.54, 1.807) is 12.1 Å². The predicted octanol–water partition coefficient (Wildman–Crippen LogP) is 1.76. The fourth-order valence-electron chi connectivity index (χ4n) is 1.76. The first kappa shape index (κ1) is 21.6. The van der Waals surface area contributed by atoms with Gasteiger partial charge in [0.25, 0.3) is 5.91 Å². The van der Waals surface area contributed by atoms with Crippen LogP contribution in [0.1, 0.15) is 30.1 Å². The summed E-state index contributed by atoms with van der Waals surface area (Å²) in [5.74, 6) is 0.373. The zero-order valence-corrected chi connectivity index (χ0v) is 15.9. The Morgan fingerprint density at radius 3 is 2.57 bits per heavy atom. The molecule has 0 heterocycles. The zero-order valence-electron chi connectivity index (χ0n) is 13.6. The van der Waals surface area contributed by atoms with E-state index in [1.165, 1.54) is 0 Å². The van der Waals surface area contributed by atoms with E-state index in [0.29, 0.717) is 24.6 Å². The highest BCUT2D eigenvalue weighted by atomic mass is 127. The van der Waals surface area contributed by atoms with E-state index in [4.69, 9.17) is 10.5 Å². The molecule has 0 unspecified atom stereocenters. The highest BCUT2D eigenvalue weighted by Crippen LogP contribution is 1.97. The number of amides is 1. The molecule has 0 saturated heterocycles. The van der Waals surface area contributed by atoms with Crippen molar-refractivity contribution in [3.63, 3.8) is 0 Å². The monoisotopic (exact) mass is 434 g/mol. The summed E-state index contributed by atoms with van der Waals surface area (Å²) >= 11 is 0. The number of nitrogens with one attached hydrogen (secondary N) is 2. The third-order valence-electron chi connectivity index (χ3n) is 2.91. The molecular weight excluding hydrogens is 407 g/mol. The van der Waals surface area contributed by atoms with Crippen molar-refractivity contribution < 1.29 is 9.53 Å². The summed E-state index contributed by atoms with van der Waals surface area (Å²) in [6, 6.07) is 9.15. The van der Waals surface area contributed by atoms with Crippen molar-refractivity contribution in [2.75, 3.05) is 32.8 Å². The summed E-state index contributed by atoms with van der Waals surface area (Å²) in [5.41, 5.74) is 6.40. The van der Waals surface area contributed by atoms with Crippen LogP contribution < -0.4 is 16.4 Å². The summed E-state index contributed by atoms with van der Waals surface area (Å²) < 4.78 is 5.23. The lowest BCUT2D eigenvalue weighted by Gasteiger charge is -2.06. The summed E-state index contributed by atoms with van der Waals surface area (Å²) in [6.07, 6.45) is 1.65. The average molecular weight is 434 g/mol. The lowest BCUT2D eigenvalue weighted by atomic mass is 10.2. The quantitative estimate of drug-likeness (QED) is 0.227. The Morgan fingerprint density at radius 2 is 1.87 bits per heavy atom. The molecular formula is C16H27IN4O2. The SMILES string of the molecule is CCOCCCNC(N)=NCCCNC(=O)c1ccccc1.I. The first-order chi connectivity index (χ1) is 10.7. The van der Waals surface area contributed by atoms with Crippen molar-refractivity contribution in [3.05, 3.63) is 35.9 Å². The van der Waals surface area contributed by atoms with Crippen LogP contribution in [0.25, 0.3) is 0 Å². The molecule has 0 aliphatic rings. The molecule has 0 saturated carbocycles. The summed E-state index contributed by atoms with van der Waals surface area (Å²) in [4.78, 5) is 16.0. The third-order valence-corrected chi connectivity index (χ3v) is 2.91. The van der Waals surface area contributed by atoms with E-state index >= 15 is 0 Å². The molecule has 0 bridgehead atoms. The number of guanidine groups is 1. The molecule has 0 fully saturated rings. The molecule has 0 radical (unpaired) electrons. The van der Waals surface area contributed by atoms with Crippen LogP contribution >= 0.6 is 24.0 Å². The molecule has 0 aliphatic carbocycles. The van der Waals surface area contributed by atoms with Crippen LogP contribution in [0.15, 0.2) is 35.3 Å². The van der Waals surface area contributed by atoms with Gasteiger partial charge >= 0.3 is 0 Å². The van der Waals surface area contributed by atoms with Gasteiger partial charge in [0.1, 0.15) is 0 Å². The fourth-order valence-corrected chi connectivity index (χ4v) is 1.76. The van der Waals surface area contributed by atoms with Crippen molar-refractivity contribution in [1.29, 1.82) is 0 Å². The maximum atomic E-state index is 11.8. The number of hydrogen-bond acceptors (Lipinski definition) is 3. The van der Waals surface area contributed by atoms with Crippen LogP contribution in [-0.4, -0.2) is 44.7 Å². The van der Waals surface area contributed by atoms with E-state index < -0.39 is 0 Å². The normalized spacial score (nSPS) is 10.7. The van der Waals surface area contributed by atoms with Crippen LogP contribution in [0, 0.1) is 0 Å². The van der Waals surface area contributed by atoms with Crippen molar-refractivity contribution >= 4 is 35.8 Å². The van der Waals surface area contributed by atoms with Crippen molar-refractivity contribution in [3.8, 4) is 0 Å². The fraction of sp³-hybridized carbons (Fsp3) is 0.500. The van der Waals surface area contributed by atoms with E-state index in [0.717, 1.165) is 32.6 Å². The molecule has 1 aromatic carbocycles. The van der Waals surface area contributed by atoms with Crippen molar-refractivity contribution in [1.82, 2.24) is 10.6 Å². The highest BCUT2D eigenvalue weighted by Gasteiger charge is 2.02. The summed E-state index contributed by atoms with van der Waals surface area (Å²) in [7, 11) is 0. The van der Waals surface area contributed by atoms with Gasteiger partial charge in [0.05, 0.1) is 0 Å². The summed E-state index contributed by atoms with van der Waals surface area (Å²) in [6.45, 7) is 5.34. The molecule has 130 valence electrons. The number of aliphatic imine (C=N–C) groups is 1. The molecule has 0 aromatic heterocycles. The second kappa shape index (κ2) is 14.3. The summed E-state index contributed by atoms with van der Waals surface area (Å²) in [5, 5.41) is 5.88. The molecule has 0 spiro atoms. The molecule has 1 rings (SSSR count). The van der Waals surface area contributed by atoms with Gasteiger partial charge in [-0.05, 0) is 31.9 Å². The molecule has 1 amide bonds. The number of nitrogens with zero attached hydrogens (tertiary/aromatic N) is 1. The standard InChI is InChI=1S/C16H26N4O2.HI/c1-2-22-13-7-12-20-16(17)19-11-6-10-18-15(21)14-8-4-3-5-9-14;/h3-5,8-9H,2,6-7,10-13H2,1H3,(H,18,21)(H3,17,19,20);1H. The largest absolute Gasteiger partial charge is 0.382 e. The Hall–Kier alpha value is -1.35. The first-order valence-electron chi connectivity index (χ1n) is 7.68. The molecule has 7 heteroatoms. The van der Waals surface area contributed by atoms with Gasteiger partial charge in [0, 0.05) is 38.4 Å². The van der Waals surface area contributed by atoms with Gasteiger partial charge < -0.3 is 21.1 Å². The van der Waals surface area contributed by atoms with E-state index in [1.807, 2.05) is 25.1 Å². The molecule has 23 heavy (non-hydrogen) atoms. The van der Waals surface area contributed by atoms with Crippen LogP contribution in [0.2, 0.25) is 0 Å². The number of hydrogen-bond donors (Lipinski definition) is 3. The molecule has 4 N–H and O–H groups in total. The molecule has 6 nitrogen and oxygen atoms in total. The minimum Gasteiger partial charge on any atom is -0.382 e. The second-order valence-electron chi connectivity index (χ2n) is 4.72. The van der Waals surface area contributed by atoms with Crippen LogP contribution in [0.4, 0.5) is 0 Å². The number of halogens is 1. The number of ether oxygens (including phenoxy) is 1. The molecule has 1 aromatic rings. The predicted molar refractivity (Wildman–Crippen MR) is 104 cm³/mol. The maximum absolute atomic E-state index is 11.8. The third kappa shape index (κ3) is 10.9. The second-order valence-corrected chi connectivity index (χ2v) is 4.72.